The van der Waals surface area contributed by atoms with Gasteiger partial charge in [-0.1, -0.05) is 30.3 Å². The van der Waals surface area contributed by atoms with Gasteiger partial charge in [0, 0.05) is 31.6 Å². The van der Waals surface area contributed by atoms with Crippen LogP contribution in [0.3, 0.4) is 0 Å². The number of nitrogens with zero attached hydrogens (tertiary/aromatic N) is 3. The fourth-order valence-electron chi connectivity index (χ4n) is 3.99. The molecule has 0 saturated carbocycles. The molecule has 1 aromatic heterocycles. The standard InChI is InChI=1S/C22H28N4O2/c27-22(26-14-10-20(17-26)25-12-4-5-13-25)24-19-8-9-21(23-16-19)28-15-11-18-6-2-1-3-7-18/h1-3,6-9,16,20H,4-5,10-15,17H2,(H,24,27). The van der Waals surface area contributed by atoms with Gasteiger partial charge in [-0.05, 0) is 44.0 Å². The molecular weight excluding hydrogens is 352 g/mol. The third-order valence-electron chi connectivity index (χ3n) is 5.58. The first-order chi connectivity index (χ1) is 13.8. The molecule has 0 radical (unpaired) electrons. The molecule has 1 atom stereocenters. The summed E-state index contributed by atoms with van der Waals surface area (Å²) in [5.41, 5.74) is 1.94. The Morgan fingerprint density at radius 1 is 1.11 bits per heavy atom. The maximum atomic E-state index is 12.5. The number of nitrogens with one attached hydrogen (secondary N) is 1. The van der Waals surface area contributed by atoms with Crippen molar-refractivity contribution < 1.29 is 9.53 Å². The van der Waals surface area contributed by atoms with Crippen molar-refractivity contribution in [1.29, 1.82) is 0 Å². The summed E-state index contributed by atoms with van der Waals surface area (Å²) in [4.78, 5) is 21.3. The normalized spacial score (nSPS) is 19.7. The molecule has 6 nitrogen and oxygen atoms in total. The van der Waals surface area contributed by atoms with E-state index >= 15 is 0 Å². The van der Waals surface area contributed by atoms with Crippen molar-refractivity contribution in [2.75, 3.05) is 38.1 Å². The van der Waals surface area contributed by atoms with E-state index in [0.717, 1.165) is 25.9 Å². The van der Waals surface area contributed by atoms with Crippen molar-refractivity contribution in [2.45, 2.75) is 31.7 Å². The first-order valence-corrected chi connectivity index (χ1v) is 10.2. The van der Waals surface area contributed by atoms with Crippen LogP contribution in [0.4, 0.5) is 10.5 Å². The van der Waals surface area contributed by atoms with E-state index < -0.39 is 0 Å². The highest BCUT2D eigenvalue weighted by Gasteiger charge is 2.31. The molecule has 28 heavy (non-hydrogen) atoms. The molecule has 1 aromatic carbocycles. The molecule has 0 bridgehead atoms. The highest BCUT2D eigenvalue weighted by molar-refractivity contribution is 5.89. The predicted molar refractivity (Wildman–Crippen MR) is 110 cm³/mol. The van der Waals surface area contributed by atoms with E-state index in [1.54, 1.807) is 12.3 Å². The maximum Gasteiger partial charge on any atom is 0.321 e. The molecule has 1 N–H and O–H groups in total. The number of hydrogen-bond donors (Lipinski definition) is 1. The number of amides is 2. The summed E-state index contributed by atoms with van der Waals surface area (Å²) < 4.78 is 5.70. The number of aromatic nitrogens is 1. The van der Waals surface area contributed by atoms with E-state index in [2.05, 4.69) is 27.3 Å². The van der Waals surface area contributed by atoms with Crippen molar-refractivity contribution in [2.24, 2.45) is 0 Å². The van der Waals surface area contributed by atoms with E-state index in [4.69, 9.17) is 4.74 Å². The third kappa shape index (κ3) is 4.81. The summed E-state index contributed by atoms with van der Waals surface area (Å²) >= 11 is 0. The Morgan fingerprint density at radius 2 is 1.93 bits per heavy atom. The molecule has 148 valence electrons. The lowest BCUT2D eigenvalue weighted by Crippen LogP contribution is -2.38. The Bertz CT molecular complexity index is 760. The zero-order valence-electron chi connectivity index (χ0n) is 16.2. The van der Waals surface area contributed by atoms with Crippen LogP contribution in [0.1, 0.15) is 24.8 Å². The van der Waals surface area contributed by atoms with E-state index in [-0.39, 0.29) is 6.03 Å². The monoisotopic (exact) mass is 380 g/mol. The topological polar surface area (TPSA) is 57.7 Å². The van der Waals surface area contributed by atoms with Crippen LogP contribution < -0.4 is 10.1 Å². The Labute approximate surface area is 166 Å². The zero-order valence-corrected chi connectivity index (χ0v) is 16.2. The lowest BCUT2D eigenvalue weighted by molar-refractivity contribution is 0.210. The number of benzene rings is 1. The van der Waals surface area contributed by atoms with Crippen LogP contribution in [0.2, 0.25) is 0 Å². The first-order valence-electron chi connectivity index (χ1n) is 10.2. The molecule has 2 saturated heterocycles. The molecule has 0 spiro atoms. The number of likely N-dealkylation sites (tertiary alicyclic amines) is 2. The van der Waals surface area contributed by atoms with Crippen molar-refractivity contribution in [1.82, 2.24) is 14.8 Å². The van der Waals surface area contributed by atoms with Gasteiger partial charge in [0.1, 0.15) is 0 Å². The lowest BCUT2D eigenvalue weighted by atomic mass is 10.2. The second kappa shape index (κ2) is 9.06. The smallest absolute Gasteiger partial charge is 0.321 e. The fraction of sp³-hybridized carbons (Fsp3) is 0.455. The van der Waals surface area contributed by atoms with Crippen LogP contribution in [-0.2, 0) is 6.42 Å². The van der Waals surface area contributed by atoms with Crippen molar-refractivity contribution >= 4 is 11.7 Å². The molecule has 2 aliphatic heterocycles. The summed E-state index contributed by atoms with van der Waals surface area (Å²) in [5.74, 6) is 0.573. The van der Waals surface area contributed by atoms with Gasteiger partial charge < -0.3 is 15.0 Å². The molecule has 1 unspecified atom stereocenters. The van der Waals surface area contributed by atoms with Crippen molar-refractivity contribution in [3.05, 3.63) is 54.2 Å². The Kier molecular flexibility index (Phi) is 6.07. The molecular formula is C22H28N4O2. The first kappa shape index (κ1) is 18.7. The van der Waals surface area contributed by atoms with E-state index in [1.165, 1.54) is 31.5 Å². The predicted octanol–water partition coefficient (Wildman–Crippen LogP) is 3.41. The molecule has 6 heteroatoms. The highest BCUT2D eigenvalue weighted by Crippen LogP contribution is 2.21. The van der Waals surface area contributed by atoms with Gasteiger partial charge in [0.05, 0.1) is 18.5 Å². The van der Waals surface area contributed by atoms with E-state index in [1.807, 2.05) is 29.2 Å². The van der Waals surface area contributed by atoms with Crippen LogP contribution in [-0.4, -0.2) is 59.6 Å². The third-order valence-corrected chi connectivity index (χ3v) is 5.58. The summed E-state index contributed by atoms with van der Waals surface area (Å²) in [7, 11) is 0. The van der Waals surface area contributed by atoms with Crippen LogP contribution in [0.5, 0.6) is 5.88 Å². The average Bonchev–Trinajstić information content (AvgIpc) is 3.42. The number of hydrogen-bond acceptors (Lipinski definition) is 4. The van der Waals surface area contributed by atoms with E-state index in [9.17, 15) is 4.79 Å². The summed E-state index contributed by atoms with van der Waals surface area (Å²) in [6.07, 6.45) is 6.14. The number of ether oxygens (including phenoxy) is 1. The molecule has 3 heterocycles. The Hall–Kier alpha value is -2.60. The SMILES string of the molecule is O=C(Nc1ccc(OCCc2ccccc2)nc1)N1CCC(N2CCCC2)C1. The molecule has 2 aliphatic rings. The van der Waals surface area contributed by atoms with Gasteiger partial charge in [0.25, 0.3) is 0 Å². The average molecular weight is 380 g/mol. The van der Waals surface area contributed by atoms with Gasteiger partial charge in [-0.25, -0.2) is 9.78 Å². The minimum Gasteiger partial charge on any atom is -0.477 e. The lowest BCUT2D eigenvalue weighted by Gasteiger charge is -2.23. The van der Waals surface area contributed by atoms with Gasteiger partial charge in [-0.3, -0.25) is 4.90 Å². The fourth-order valence-corrected chi connectivity index (χ4v) is 3.99. The molecule has 2 aromatic rings. The number of anilines is 1. The Morgan fingerprint density at radius 3 is 2.68 bits per heavy atom. The number of pyridine rings is 1. The quantitative estimate of drug-likeness (QED) is 0.834. The van der Waals surface area contributed by atoms with Crippen molar-refractivity contribution in [3.63, 3.8) is 0 Å². The molecule has 4 rings (SSSR count). The second-order valence-corrected chi connectivity index (χ2v) is 7.53. The molecule has 2 amide bonds. The second-order valence-electron chi connectivity index (χ2n) is 7.53. The molecule has 0 aliphatic carbocycles. The number of carbonyl (C=O) groups is 1. The van der Waals surface area contributed by atoms with Crippen molar-refractivity contribution in [3.8, 4) is 5.88 Å². The van der Waals surface area contributed by atoms with Gasteiger partial charge in [0.2, 0.25) is 5.88 Å². The van der Waals surface area contributed by atoms with Crippen LogP contribution >= 0.6 is 0 Å². The summed E-state index contributed by atoms with van der Waals surface area (Å²) in [6, 6.07) is 14.4. The Balaban J connectivity index is 1.22. The summed E-state index contributed by atoms with van der Waals surface area (Å²) in [6.45, 7) is 4.57. The largest absolute Gasteiger partial charge is 0.477 e. The van der Waals surface area contributed by atoms with Crippen LogP contribution in [0.15, 0.2) is 48.7 Å². The van der Waals surface area contributed by atoms with Gasteiger partial charge in [0.15, 0.2) is 0 Å². The summed E-state index contributed by atoms with van der Waals surface area (Å²) in [5, 5.41) is 2.95. The minimum atomic E-state index is -0.0405. The van der Waals surface area contributed by atoms with E-state index in [0.29, 0.717) is 24.2 Å². The van der Waals surface area contributed by atoms with Crippen LogP contribution in [0, 0.1) is 0 Å². The van der Waals surface area contributed by atoms with Gasteiger partial charge >= 0.3 is 6.03 Å². The molecule has 2 fully saturated rings. The van der Waals surface area contributed by atoms with Crippen LogP contribution in [0.25, 0.3) is 0 Å². The highest BCUT2D eigenvalue weighted by atomic mass is 16.5. The number of rotatable bonds is 6. The minimum absolute atomic E-state index is 0.0405. The zero-order chi connectivity index (χ0) is 19.2. The number of carbonyl (C=O) groups excluding carboxylic acids is 1. The van der Waals surface area contributed by atoms with Gasteiger partial charge in [-0.2, -0.15) is 0 Å². The number of urea groups is 1. The maximum absolute atomic E-state index is 12.5. The van der Waals surface area contributed by atoms with Gasteiger partial charge in [-0.15, -0.1) is 0 Å².